The predicted octanol–water partition coefficient (Wildman–Crippen LogP) is 1.98. The molecule has 0 radical (unpaired) electrons. The molecule has 1 fully saturated rings. The summed E-state index contributed by atoms with van der Waals surface area (Å²) in [6.45, 7) is 3.35. The number of nitrogens with zero attached hydrogens (tertiary/aromatic N) is 2. The Balaban J connectivity index is 1.98. The number of likely N-dealkylation sites (tertiary alicyclic amines) is 1. The third-order valence-corrected chi connectivity index (χ3v) is 4.33. The van der Waals surface area contributed by atoms with Crippen molar-refractivity contribution >= 4 is 0 Å². The summed E-state index contributed by atoms with van der Waals surface area (Å²) in [5.74, 6) is 0.928. The van der Waals surface area contributed by atoms with Crippen molar-refractivity contribution in [2.45, 2.75) is 24.9 Å². The van der Waals surface area contributed by atoms with Gasteiger partial charge in [0.15, 0.2) is 0 Å². The van der Waals surface area contributed by atoms with Crippen LogP contribution >= 0.6 is 0 Å². The highest BCUT2D eigenvalue weighted by Gasteiger charge is 2.20. The number of benzene rings is 1. The largest absolute Gasteiger partial charge is 0.497 e. The van der Waals surface area contributed by atoms with Crippen molar-refractivity contribution in [1.82, 2.24) is 15.1 Å². The molecule has 4 nitrogen and oxygen atoms in total. The van der Waals surface area contributed by atoms with Gasteiger partial charge in [0.05, 0.1) is 7.11 Å². The average Bonchev–Trinajstić information content (AvgIpc) is 2.47. The van der Waals surface area contributed by atoms with Crippen LogP contribution in [-0.4, -0.2) is 63.7 Å². The van der Waals surface area contributed by atoms with E-state index in [-0.39, 0.29) is 0 Å². The predicted molar refractivity (Wildman–Crippen MR) is 87.9 cm³/mol. The van der Waals surface area contributed by atoms with Gasteiger partial charge in [0.25, 0.3) is 0 Å². The van der Waals surface area contributed by atoms with Gasteiger partial charge in [-0.1, -0.05) is 12.1 Å². The first-order valence-electron chi connectivity index (χ1n) is 7.82. The first kappa shape index (κ1) is 16.3. The third kappa shape index (κ3) is 4.70. The summed E-state index contributed by atoms with van der Waals surface area (Å²) < 4.78 is 5.35. The number of methoxy groups -OCH3 is 1. The number of likely N-dealkylation sites (N-methyl/N-ethyl adjacent to an activating group) is 2. The van der Waals surface area contributed by atoms with E-state index in [0.29, 0.717) is 12.1 Å². The van der Waals surface area contributed by atoms with Crippen LogP contribution in [0.25, 0.3) is 0 Å². The van der Waals surface area contributed by atoms with Gasteiger partial charge in [0.1, 0.15) is 5.75 Å². The van der Waals surface area contributed by atoms with Gasteiger partial charge in [-0.3, -0.25) is 0 Å². The first-order chi connectivity index (χ1) is 10.1. The maximum Gasteiger partial charge on any atom is 0.119 e. The van der Waals surface area contributed by atoms with Crippen LogP contribution in [0.15, 0.2) is 24.3 Å². The Hall–Kier alpha value is -1.10. The zero-order valence-corrected chi connectivity index (χ0v) is 13.8. The summed E-state index contributed by atoms with van der Waals surface area (Å²) >= 11 is 0. The number of rotatable bonds is 6. The molecule has 1 aliphatic heterocycles. The lowest BCUT2D eigenvalue weighted by atomic mass is 10.0. The van der Waals surface area contributed by atoms with Gasteiger partial charge in [-0.05, 0) is 58.2 Å². The lowest BCUT2D eigenvalue weighted by Crippen LogP contribution is -2.46. The van der Waals surface area contributed by atoms with Crippen molar-refractivity contribution in [1.29, 1.82) is 0 Å². The van der Waals surface area contributed by atoms with Gasteiger partial charge < -0.3 is 19.9 Å². The maximum absolute atomic E-state index is 5.35. The van der Waals surface area contributed by atoms with Gasteiger partial charge >= 0.3 is 0 Å². The summed E-state index contributed by atoms with van der Waals surface area (Å²) in [5, 5.41) is 3.75. The molecule has 0 bridgehead atoms. The summed E-state index contributed by atoms with van der Waals surface area (Å²) in [7, 11) is 8.21. The van der Waals surface area contributed by atoms with Crippen LogP contribution in [0.3, 0.4) is 0 Å². The smallest absolute Gasteiger partial charge is 0.119 e. The first-order valence-corrected chi connectivity index (χ1v) is 7.82. The summed E-state index contributed by atoms with van der Waals surface area (Å²) in [4.78, 5) is 4.69. The van der Waals surface area contributed by atoms with Crippen LogP contribution in [-0.2, 0) is 0 Å². The highest BCUT2D eigenvalue weighted by molar-refractivity contribution is 5.30. The molecule has 4 heteroatoms. The SMILES string of the molecule is COc1cccc(C(CNC2CCCN(C)C2)N(C)C)c1. The normalized spacial score (nSPS) is 21.5. The molecule has 0 saturated carbocycles. The van der Waals surface area contributed by atoms with Crippen LogP contribution in [0, 0.1) is 0 Å². The highest BCUT2D eigenvalue weighted by atomic mass is 16.5. The molecule has 0 amide bonds. The van der Waals surface area contributed by atoms with E-state index in [9.17, 15) is 0 Å². The second-order valence-electron chi connectivity index (χ2n) is 6.27. The van der Waals surface area contributed by atoms with Gasteiger partial charge in [0, 0.05) is 25.2 Å². The molecule has 2 rings (SSSR count). The number of nitrogens with one attached hydrogen (secondary N) is 1. The quantitative estimate of drug-likeness (QED) is 0.867. The zero-order chi connectivity index (χ0) is 15.2. The van der Waals surface area contributed by atoms with E-state index in [1.165, 1.54) is 24.9 Å². The summed E-state index contributed by atoms with van der Waals surface area (Å²) in [6.07, 6.45) is 2.57. The van der Waals surface area contributed by atoms with Crippen molar-refractivity contribution in [2.24, 2.45) is 0 Å². The minimum atomic E-state index is 0.368. The fraction of sp³-hybridized carbons (Fsp3) is 0.647. The van der Waals surface area contributed by atoms with Crippen LogP contribution in [0.2, 0.25) is 0 Å². The Morgan fingerprint density at radius 3 is 2.90 bits per heavy atom. The molecular weight excluding hydrogens is 262 g/mol. The second kappa shape index (κ2) is 7.78. The average molecular weight is 291 g/mol. The molecule has 1 saturated heterocycles. The summed E-state index contributed by atoms with van der Waals surface area (Å²) in [5.41, 5.74) is 1.30. The fourth-order valence-corrected chi connectivity index (χ4v) is 3.06. The standard InChI is InChI=1S/C17H29N3O/c1-19(2)17(14-7-5-9-16(11-14)21-4)12-18-15-8-6-10-20(3)13-15/h5,7,9,11,15,17-18H,6,8,10,12-13H2,1-4H3. The van der Waals surface area contributed by atoms with E-state index >= 15 is 0 Å². The maximum atomic E-state index is 5.35. The number of piperidine rings is 1. The molecule has 1 aliphatic rings. The van der Waals surface area contributed by atoms with E-state index < -0.39 is 0 Å². The number of ether oxygens (including phenoxy) is 1. The Labute approximate surface area is 129 Å². The molecule has 1 aromatic rings. The molecule has 2 atom stereocenters. The van der Waals surface area contributed by atoms with Crippen molar-refractivity contribution in [3.05, 3.63) is 29.8 Å². The highest BCUT2D eigenvalue weighted by Crippen LogP contribution is 2.22. The molecule has 21 heavy (non-hydrogen) atoms. The molecule has 0 aliphatic carbocycles. The number of hydrogen-bond donors (Lipinski definition) is 1. The molecule has 0 aromatic heterocycles. The van der Waals surface area contributed by atoms with Crippen LogP contribution in [0.1, 0.15) is 24.4 Å². The Morgan fingerprint density at radius 2 is 2.24 bits per heavy atom. The zero-order valence-electron chi connectivity index (χ0n) is 13.8. The van der Waals surface area contributed by atoms with Crippen molar-refractivity contribution in [3.8, 4) is 5.75 Å². The third-order valence-electron chi connectivity index (χ3n) is 4.33. The Kier molecular flexibility index (Phi) is 6.03. The molecule has 0 spiro atoms. The molecule has 1 aromatic carbocycles. The molecule has 1 N–H and O–H groups in total. The number of hydrogen-bond acceptors (Lipinski definition) is 4. The minimum absolute atomic E-state index is 0.368. The monoisotopic (exact) mass is 291 g/mol. The molecular formula is C17H29N3O. The van der Waals surface area contributed by atoms with Crippen molar-refractivity contribution in [2.75, 3.05) is 47.9 Å². The topological polar surface area (TPSA) is 27.7 Å². The van der Waals surface area contributed by atoms with Gasteiger partial charge in [-0.2, -0.15) is 0 Å². The minimum Gasteiger partial charge on any atom is -0.497 e. The second-order valence-corrected chi connectivity index (χ2v) is 6.27. The van der Waals surface area contributed by atoms with Gasteiger partial charge in [-0.25, -0.2) is 0 Å². The van der Waals surface area contributed by atoms with Gasteiger partial charge in [0.2, 0.25) is 0 Å². The van der Waals surface area contributed by atoms with E-state index in [1.54, 1.807) is 7.11 Å². The molecule has 2 unspecified atom stereocenters. The Bertz CT molecular complexity index is 436. The lowest BCUT2D eigenvalue weighted by molar-refractivity contribution is 0.209. The van der Waals surface area contributed by atoms with Crippen LogP contribution in [0.5, 0.6) is 5.75 Å². The van der Waals surface area contributed by atoms with Crippen LogP contribution in [0.4, 0.5) is 0 Å². The van der Waals surface area contributed by atoms with E-state index in [0.717, 1.165) is 18.8 Å². The lowest BCUT2D eigenvalue weighted by Gasteiger charge is -2.33. The fourth-order valence-electron chi connectivity index (χ4n) is 3.06. The summed E-state index contributed by atoms with van der Waals surface area (Å²) in [6, 6.07) is 9.36. The van der Waals surface area contributed by atoms with E-state index in [2.05, 4.69) is 54.5 Å². The van der Waals surface area contributed by atoms with E-state index in [4.69, 9.17) is 4.74 Å². The van der Waals surface area contributed by atoms with Gasteiger partial charge in [-0.15, -0.1) is 0 Å². The van der Waals surface area contributed by atoms with Crippen molar-refractivity contribution < 1.29 is 4.74 Å². The molecule has 1 heterocycles. The Morgan fingerprint density at radius 1 is 1.43 bits per heavy atom. The molecule has 118 valence electrons. The van der Waals surface area contributed by atoms with Crippen molar-refractivity contribution in [3.63, 3.8) is 0 Å². The van der Waals surface area contributed by atoms with E-state index in [1.807, 2.05) is 6.07 Å². The van der Waals surface area contributed by atoms with Crippen LogP contribution < -0.4 is 10.1 Å².